The molecule has 0 unspecified atom stereocenters. The van der Waals surface area contributed by atoms with E-state index in [1.165, 1.54) is 5.56 Å². The van der Waals surface area contributed by atoms with Gasteiger partial charge in [0.1, 0.15) is 23.7 Å². The van der Waals surface area contributed by atoms with E-state index in [4.69, 9.17) is 21.1 Å². The van der Waals surface area contributed by atoms with Gasteiger partial charge in [0, 0.05) is 32.3 Å². The van der Waals surface area contributed by atoms with Crippen molar-refractivity contribution in [2.75, 3.05) is 26.3 Å². The second kappa shape index (κ2) is 11.3. The summed E-state index contributed by atoms with van der Waals surface area (Å²) in [7, 11) is 0. The smallest absolute Gasteiger partial charge is 0.138 e. The minimum absolute atomic E-state index is 0.234. The van der Waals surface area contributed by atoms with Crippen LogP contribution in [0.1, 0.15) is 36.1 Å². The molecule has 182 valence electrons. The Hall–Kier alpha value is -2.54. The first kappa shape index (κ1) is 24.6. The highest BCUT2D eigenvalue weighted by atomic mass is 35.5. The molecule has 0 amide bonds. The molecule has 1 aliphatic rings. The number of aliphatic hydroxyl groups is 1. The topological polar surface area (TPSA) is 59.8 Å². The van der Waals surface area contributed by atoms with Crippen molar-refractivity contribution >= 4 is 11.6 Å². The number of likely N-dealkylation sites (tertiary alicyclic amines) is 1. The summed E-state index contributed by atoms with van der Waals surface area (Å²) < 4.78 is 13.7. The van der Waals surface area contributed by atoms with E-state index in [1.54, 1.807) is 0 Å². The summed E-state index contributed by atoms with van der Waals surface area (Å²) in [6.07, 6.45) is 4.55. The predicted molar refractivity (Wildman–Crippen MR) is 135 cm³/mol. The van der Waals surface area contributed by atoms with E-state index >= 15 is 0 Å². The van der Waals surface area contributed by atoms with Gasteiger partial charge in [-0.15, -0.1) is 0 Å². The number of rotatable bonds is 10. The number of hydrogen-bond acceptors (Lipinski definition) is 5. The van der Waals surface area contributed by atoms with Crippen LogP contribution in [0.4, 0.5) is 0 Å². The van der Waals surface area contributed by atoms with E-state index in [0.717, 1.165) is 55.9 Å². The molecule has 1 aliphatic heterocycles. The molecule has 34 heavy (non-hydrogen) atoms. The van der Waals surface area contributed by atoms with Crippen LogP contribution >= 0.6 is 11.6 Å². The Morgan fingerprint density at radius 2 is 1.91 bits per heavy atom. The van der Waals surface area contributed by atoms with Crippen LogP contribution in [0.15, 0.2) is 54.7 Å². The number of aromatic nitrogens is 2. The highest BCUT2D eigenvalue weighted by Crippen LogP contribution is 2.29. The molecule has 1 atom stereocenters. The Balaban J connectivity index is 1.23. The standard InChI is InChI=1S/C27H34ClN3O3/c1-21-5-10-25(28)26(17-21)34-20-27(32)12-3-13-30(19-27)18-23-6-8-24(9-7-23)33-16-4-14-31-15-11-22(2)29-31/h5-11,15,17,32H,3-4,12-14,16,18-20H2,1-2H3/t27-/m0/s1. The summed E-state index contributed by atoms with van der Waals surface area (Å²) in [4.78, 5) is 2.28. The van der Waals surface area contributed by atoms with Crippen LogP contribution in [0.3, 0.4) is 0 Å². The second-order valence-corrected chi connectivity index (χ2v) is 9.73. The quantitative estimate of drug-likeness (QED) is 0.410. The Kier molecular flexibility index (Phi) is 8.14. The maximum absolute atomic E-state index is 11.2. The summed E-state index contributed by atoms with van der Waals surface area (Å²) >= 11 is 6.25. The SMILES string of the molecule is Cc1ccc(Cl)c(OC[C@]2(O)CCCN(Cc3ccc(OCCCn4ccc(C)n4)cc3)C2)c1. The third-order valence-corrected chi connectivity index (χ3v) is 6.43. The average Bonchev–Trinajstić information content (AvgIpc) is 3.23. The summed E-state index contributed by atoms with van der Waals surface area (Å²) in [5.74, 6) is 1.50. The van der Waals surface area contributed by atoms with Crippen LogP contribution in [-0.2, 0) is 13.1 Å². The van der Waals surface area contributed by atoms with Crippen molar-refractivity contribution in [1.29, 1.82) is 0 Å². The molecule has 2 aromatic carbocycles. The van der Waals surface area contributed by atoms with E-state index in [1.807, 2.05) is 61.1 Å². The van der Waals surface area contributed by atoms with Crippen molar-refractivity contribution < 1.29 is 14.6 Å². The van der Waals surface area contributed by atoms with Crippen LogP contribution in [0.5, 0.6) is 11.5 Å². The van der Waals surface area contributed by atoms with Crippen LogP contribution in [0.25, 0.3) is 0 Å². The van der Waals surface area contributed by atoms with Gasteiger partial charge in [-0.05, 0) is 74.7 Å². The van der Waals surface area contributed by atoms with Gasteiger partial charge in [-0.2, -0.15) is 5.10 Å². The van der Waals surface area contributed by atoms with Crippen molar-refractivity contribution in [2.45, 2.75) is 51.8 Å². The molecule has 0 aliphatic carbocycles. The first-order chi connectivity index (χ1) is 16.4. The summed E-state index contributed by atoms with van der Waals surface area (Å²) in [6, 6.07) is 15.9. The number of ether oxygens (including phenoxy) is 2. The lowest BCUT2D eigenvalue weighted by Gasteiger charge is -2.39. The largest absolute Gasteiger partial charge is 0.494 e. The minimum Gasteiger partial charge on any atom is -0.494 e. The molecule has 7 heteroatoms. The average molecular weight is 484 g/mol. The highest BCUT2D eigenvalue weighted by molar-refractivity contribution is 6.32. The number of piperidine rings is 1. The van der Waals surface area contributed by atoms with Crippen molar-refractivity contribution in [2.24, 2.45) is 0 Å². The first-order valence-electron chi connectivity index (χ1n) is 11.9. The predicted octanol–water partition coefficient (Wildman–Crippen LogP) is 5.03. The van der Waals surface area contributed by atoms with E-state index in [2.05, 4.69) is 22.1 Å². The van der Waals surface area contributed by atoms with Crippen LogP contribution in [0, 0.1) is 13.8 Å². The molecular weight excluding hydrogens is 450 g/mol. The molecular formula is C27H34ClN3O3. The van der Waals surface area contributed by atoms with E-state index in [-0.39, 0.29) is 6.61 Å². The maximum Gasteiger partial charge on any atom is 0.138 e. The molecule has 3 aromatic rings. The first-order valence-corrected chi connectivity index (χ1v) is 12.3. The molecule has 0 bridgehead atoms. The normalized spacial score (nSPS) is 18.7. The summed E-state index contributed by atoms with van der Waals surface area (Å²) in [5, 5.41) is 16.1. The van der Waals surface area contributed by atoms with Gasteiger partial charge in [-0.3, -0.25) is 9.58 Å². The number of benzene rings is 2. The van der Waals surface area contributed by atoms with Gasteiger partial charge in [-0.1, -0.05) is 29.8 Å². The molecule has 4 rings (SSSR count). The Labute approximate surface area is 207 Å². The molecule has 1 saturated heterocycles. The fraction of sp³-hybridized carbons (Fsp3) is 0.444. The van der Waals surface area contributed by atoms with Gasteiger partial charge in [0.15, 0.2) is 0 Å². The lowest BCUT2D eigenvalue weighted by Crippen LogP contribution is -2.51. The van der Waals surface area contributed by atoms with Crippen molar-refractivity contribution in [3.8, 4) is 11.5 Å². The molecule has 1 fully saturated rings. The second-order valence-electron chi connectivity index (χ2n) is 9.33. The fourth-order valence-corrected chi connectivity index (χ4v) is 4.52. The van der Waals surface area contributed by atoms with Crippen LogP contribution in [0.2, 0.25) is 5.02 Å². The lowest BCUT2D eigenvalue weighted by molar-refractivity contribution is -0.0620. The molecule has 0 spiro atoms. The molecule has 0 saturated carbocycles. The zero-order chi connectivity index (χ0) is 24.0. The zero-order valence-electron chi connectivity index (χ0n) is 20.0. The molecule has 6 nitrogen and oxygen atoms in total. The third kappa shape index (κ3) is 6.98. The van der Waals surface area contributed by atoms with Gasteiger partial charge >= 0.3 is 0 Å². The van der Waals surface area contributed by atoms with Crippen molar-refractivity contribution in [3.05, 3.63) is 76.6 Å². The van der Waals surface area contributed by atoms with Crippen LogP contribution in [-0.4, -0.2) is 51.7 Å². The lowest BCUT2D eigenvalue weighted by atomic mass is 9.93. The molecule has 0 radical (unpaired) electrons. The fourth-order valence-electron chi connectivity index (χ4n) is 4.35. The number of hydrogen-bond donors (Lipinski definition) is 1. The van der Waals surface area contributed by atoms with Gasteiger partial charge in [-0.25, -0.2) is 0 Å². The van der Waals surface area contributed by atoms with Gasteiger partial charge in [0.05, 0.1) is 17.3 Å². The van der Waals surface area contributed by atoms with E-state index < -0.39 is 5.60 Å². The van der Waals surface area contributed by atoms with Gasteiger partial charge in [0.25, 0.3) is 0 Å². The number of aryl methyl sites for hydroxylation is 3. The monoisotopic (exact) mass is 483 g/mol. The Morgan fingerprint density at radius 3 is 2.68 bits per heavy atom. The van der Waals surface area contributed by atoms with Crippen molar-refractivity contribution in [3.63, 3.8) is 0 Å². The van der Waals surface area contributed by atoms with E-state index in [9.17, 15) is 5.11 Å². The molecule has 1 N–H and O–H groups in total. The van der Waals surface area contributed by atoms with Gasteiger partial charge in [0.2, 0.25) is 0 Å². The zero-order valence-corrected chi connectivity index (χ0v) is 20.8. The number of halogens is 1. The summed E-state index contributed by atoms with van der Waals surface area (Å²) in [6.45, 7) is 8.04. The van der Waals surface area contributed by atoms with Crippen molar-refractivity contribution in [1.82, 2.24) is 14.7 Å². The molecule has 1 aromatic heterocycles. The van der Waals surface area contributed by atoms with Gasteiger partial charge < -0.3 is 14.6 Å². The Morgan fingerprint density at radius 1 is 1.09 bits per heavy atom. The third-order valence-electron chi connectivity index (χ3n) is 6.12. The summed E-state index contributed by atoms with van der Waals surface area (Å²) in [5.41, 5.74) is 2.43. The number of nitrogens with zero attached hydrogens (tertiary/aromatic N) is 3. The number of β-amino-alcohol motifs (C(OH)–C–C–N with tert-alkyl or cyclic N) is 1. The molecule has 2 heterocycles. The van der Waals surface area contributed by atoms with E-state index in [0.29, 0.717) is 23.9 Å². The van der Waals surface area contributed by atoms with Crippen LogP contribution < -0.4 is 9.47 Å². The highest BCUT2D eigenvalue weighted by Gasteiger charge is 2.34. The Bertz CT molecular complexity index is 1070. The minimum atomic E-state index is -0.887. The maximum atomic E-state index is 11.2.